The molecule has 0 radical (unpaired) electrons. The van der Waals surface area contributed by atoms with Gasteiger partial charge in [-0.15, -0.1) is 0 Å². The number of rotatable bonds is 5. The Morgan fingerprint density at radius 1 is 1.17 bits per heavy atom. The normalized spacial score (nSPS) is 15.9. The molecule has 0 N–H and O–H groups in total. The number of hydrogen-bond donors (Lipinski definition) is 0. The van der Waals surface area contributed by atoms with Gasteiger partial charge >= 0.3 is 0 Å². The third kappa shape index (κ3) is 3.82. The lowest BCUT2D eigenvalue weighted by molar-refractivity contribution is 0.0632. The quantitative estimate of drug-likeness (QED) is 0.841. The van der Waals surface area contributed by atoms with E-state index in [4.69, 9.17) is 0 Å². The highest BCUT2D eigenvalue weighted by Crippen LogP contribution is 2.12. The summed E-state index contributed by atoms with van der Waals surface area (Å²) in [5, 5.41) is 0. The van der Waals surface area contributed by atoms with E-state index in [1.807, 2.05) is 17.2 Å². The highest BCUT2D eigenvalue weighted by Gasteiger charge is 2.22. The Balaban J connectivity index is 1.49. The fourth-order valence-electron chi connectivity index (χ4n) is 3.11. The summed E-state index contributed by atoms with van der Waals surface area (Å²) >= 11 is 0. The first-order chi connectivity index (χ1) is 11.6. The van der Waals surface area contributed by atoms with Gasteiger partial charge in [-0.3, -0.25) is 14.7 Å². The Morgan fingerprint density at radius 2 is 1.96 bits per heavy atom. The second kappa shape index (κ2) is 7.57. The number of aromatic nitrogens is 3. The van der Waals surface area contributed by atoms with Gasteiger partial charge in [0, 0.05) is 70.0 Å². The number of hydrogen-bond acceptors (Lipinski definition) is 4. The fraction of sp³-hybridized carbons (Fsp3) is 0.500. The van der Waals surface area contributed by atoms with E-state index in [9.17, 15) is 4.79 Å². The van der Waals surface area contributed by atoms with Crippen molar-refractivity contribution in [2.24, 2.45) is 0 Å². The zero-order valence-electron chi connectivity index (χ0n) is 14.4. The molecule has 3 heterocycles. The van der Waals surface area contributed by atoms with Crippen LogP contribution in [0.5, 0.6) is 0 Å². The minimum Gasteiger partial charge on any atom is -0.336 e. The maximum absolute atomic E-state index is 12.4. The molecule has 6 nitrogen and oxygen atoms in total. The summed E-state index contributed by atoms with van der Waals surface area (Å²) in [6.07, 6.45) is 7.26. The van der Waals surface area contributed by atoms with Crippen LogP contribution in [-0.4, -0.2) is 63.0 Å². The number of piperazine rings is 1. The van der Waals surface area contributed by atoms with Crippen LogP contribution >= 0.6 is 0 Å². The predicted molar refractivity (Wildman–Crippen MR) is 92.9 cm³/mol. The lowest BCUT2D eigenvalue weighted by Crippen LogP contribution is -2.49. The van der Waals surface area contributed by atoms with Crippen molar-refractivity contribution in [2.45, 2.75) is 26.3 Å². The SMILES string of the molecule is CC(C)c1nccn1CCN1CCN(C(=O)c2cccnc2)CC1. The minimum absolute atomic E-state index is 0.0828. The molecule has 0 bridgehead atoms. The van der Waals surface area contributed by atoms with E-state index >= 15 is 0 Å². The molecule has 1 aliphatic rings. The summed E-state index contributed by atoms with van der Waals surface area (Å²) in [6, 6.07) is 3.63. The summed E-state index contributed by atoms with van der Waals surface area (Å²) in [5.41, 5.74) is 0.672. The van der Waals surface area contributed by atoms with E-state index in [2.05, 4.69) is 39.5 Å². The molecule has 2 aromatic heterocycles. The zero-order valence-corrected chi connectivity index (χ0v) is 14.4. The molecule has 0 spiro atoms. The smallest absolute Gasteiger partial charge is 0.255 e. The van der Waals surface area contributed by atoms with E-state index in [0.717, 1.165) is 45.1 Å². The summed E-state index contributed by atoms with van der Waals surface area (Å²) in [5.74, 6) is 1.66. The van der Waals surface area contributed by atoms with Crippen LogP contribution in [0, 0.1) is 0 Å². The molecule has 1 aliphatic heterocycles. The van der Waals surface area contributed by atoms with Crippen molar-refractivity contribution in [2.75, 3.05) is 32.7 Å². The van der Waals surface area contributed by atoms with Gasteiger partial charge in [0.2, 0.25) is 0 Å². The first-order valence-corrected chi connectivity index (χ1v) is 8.58. The van der Waals surface area contributed by atoms with Crippen molar-refractivity contribution in [1.29, 1.82) is 0 Å². The molecule has 1 fully saturated rings. The third-order valence-electron chi connectivity index (χ3n) is 4.49. The molecule has 128 valence electrons. The topological polar surface area (TPSA) is 54.3 Å². The van der Waals surface area contributed by atoms with Crippen LogP contribution in [0.25, 0.3) is 0 Å². The third-order valence-corrected chi connectivity index (χ3v) is 4.49. The zero-order chi connectivity index (χ0) is 16.9. The largest absolute Gasteiger partial charge is 0.336 e. The van der Waals surface area contributed by atoms with Crippen molar-refractivity contribution < 1.29 is 4.79 Å². The highest BCUT2D eigenvalue weighted by atomic mass is 16.2. The van der Waals surface area contributed by atoms with E-state index in [-0.39, 0.29) is 5.91 Å². The Morgan fingerprint density at radius 3 is 2.62 bits per heavy atom. The van der Waals surface area contributed by atoms with Crippen molar-refractivity contribution in [3.63, 3.8) is 0 Å². The maximum Gasteiger partial charge on any atom is 0.255 e. The number of carbonyl (C=O) groups excluding carboxylic acids is 1. The lowest BCUT2D eigenvalue weighted by Gasteiger charge is -2.34. The Hall–Kier alpha value is -2.21. The summed E-state index contributed by atoms with van der Waals surface area (Å²) in [4.78, 5) is 25.2. The van der Waals surface area contributed by atoms with E-state index < -0.39 is 0 Å². The van der Waals surface area contributed by atoms with E-state index in [1.54, 1.807) is 18.5 Å². The monoisotopic (exact) mass is 327 g/mol. The van der Waals surface area contributed by atoms with Gasteiger partial charge in [-0.05, 0) is 12.1 Å². The van der Waals surface area contributed by atoms with Gasteiger partial charge in [0.25, 0.3) is 5.91 Å². The number of nitrogens with zero attached hydrogens (tertiary/aromatic N) is 5. The van der Waals surface area contributed by atoms with Crippen LogP contribution in [0.15, 0.2) is 36.9 Å². The van der Waals surface area contributed by atoms with E-state index in [1.165, 1.54) is 0 Å². The standard InChI is InChI=1S/C18H25N5O/c1-15(2)17-20-6-7-22(17)11-8-21-9-12-23(13-10-21)18(24)16-4-3-5-19-14-16/h3-7,14-15H,8-13H2,1-2H3. The summed E-state index contributed by atoms with van der Waals surface area (Å²) in [6.45, 7) is 9.65. The van der Waals surface area contributed by atoms with Gasteiger partial charge in [0.15, 0.2) is 0 Å². The molecule has 0 aliphatic carbocycles. The van der Waals surface area contributed by atoms with Gasteiger partial charge in [0.1, 0.15) is 5.82 Å². The Kier molecular flexibility index (Phi) is 5.25. The molecule has 1 amide bonds. The lowest BCUT2D eigenvalue weighted by atomic mass is 10.2. The first kappa shape index (κ1) is 16.6. The Bertz CT molecular complexity index is 659. The summed E-state index contributed by atoms with van der Waals surface area (Å²) < 4.78 is 2.23. The molecular weight excluding hydrogens is 302 g/mol. The number of amides is 1. The molecule has 0 saturated carbocycles. The number of imidazole rings is 1. The predicted octanol–water partition coefficient (Wildman–Crippen LogP) is 1.86. The van der Waals surface area contributed by atoms with Gasteiger partial charge < -0.3 is 9.47 Å². The highest BCUT2D eigenvalue weighted by molar-refractivity contribution is 5.93. The fourth-order valence-corrected chi connectivity index (χ4v) is 3.11. The first-order valence-electron chi connectivity index (χ1n) is 8.58. The summed E-state index contributed by atoms with van der Waals surface area (Å²) in [7, 11) is 0. The molecule has 6 heteroatoms. The van der Waals surface area contributed by atoms with Gasteiger partial charge in [-0.1, -0.05) is 13.8 Å². The molecule has 2 aromatic rings. The number of pyridine rings is 1. The average molecular weight is 327 g/mol. The van der Waals surface area contributed by atoms with Crippen LogP contribution in [0.1, 0.15) is 35.9 Å². The Labute approximate surface area is 143 Å². The minimum atomic E-state index is 0.0828. The maximum atomic E-state index is 12.4. The molecule has 3 rings (SSSR count). The van der Waals surface area contributed by atoms with E-state index in [0.29, 0.717) is 11.5 Å². The molecular formula is C18H25N5O. The second-order valence-corrected chi connectivity index (χ2v) is 6.51. The van der Waals surface area contributed by atoms with Crippen molar-refractivity contribution in [3.05, 3.63) is 48.3 Å². The van der Waals surface area contributed by atoms with Gasteiger partial charge in [-0.25, -0.2) is 4.98 Å². The average Bonchev–Trinajstić information content (AvgIpc) is 3.09. The second-order valence-electron chi connectivity index (χ2n) is 6.51. The molecule has 24 heavy (non-hydrogen) atoms. The van der Waals surface area contributed by atoms with Crippen LogP contribution in [0.4, 0.5) is 0 Å². The molecule has 0 atom stereocenters. The van der Waals surface area contributed by atoms with Gasteiger partial charge in [0.05, 0.1) is 5.56 Å². The molecule has 0 aromatic carbocycles. The van der Waals surface area contributed by atoms with Crippen LogP contribution in [0.3, 0.4) is 0 Å². The molecule has 0 unspecified atom stereocenters. The number of carbonyl (C=O) groups is 1. The van der Waals surface area contributed by atoms with Crippen LogP contribution in [-0.2, 0) is 6.54 Å². The van der Waals surface area contributed by atoms with Gasteiger partial charge in [-0.2, -0.15) is 0 Å². The van der Waals surface area contributed by atoms with Crippen molar-refractivity contribution in [3.8, 4) is 0 Å². The van der Waals surface area contributed by atoms with Crippen molar-refractivity contribution in [1.82, 2.24) is 24.3 Å². The molecule has 1 saturated heterocycles. The van der Waals surface area contributed by atoms with Crippen molar-refractivity contribution >= 4 is 5.91 Å². The van der Waals surface area contributed by atoms with Crippen LogP contribution < -0.4 is 0 Å². The van der Waals surface area contributed by atoms with Crippen LogP contribution in [0.2, 0.25) is 0 Å².